The van der Waals surface area contributed by atoms with Crippen molar-refractivity contribution < 1.29 is 9.18 Å². The standard InChI is InChI=1S/C19H17ClFN3OS3/c1-12(17(25)23(2)11-13-4-3-5-15(21)10-13)27-18-22-24(19(26)28-18)16-8-6-14(20)7-9-16/h3-10,12H,11H2,1-2H3. The molecule has 0 spiro atoms. The van der Waals surface area contributed by atoms with Crippen LogP contribution >= 0.6 is 46.9 Å². The van der Waals surface area contributed by atoms with Crippen LogP contribution in [-0.2, 0) is 11.3 Å². The molecule has 0 aliphatic carbocycles. The van der Waals surface area contributed by atoms with Gasteiger partial charge in [0.1, 0.15) is 5.82 Å². The predicted molar refractivity (Wildman–Crippen MR) is 115 cm³/mol. The average Bonchev–Trinajstić information content (AvgIpc) is 3.01. The summed E-state index contributed by atoms with van der Waals surface area (Å²) >= 11 is 14.0. The summed E-state index contributed by atoms with van der Waals surface area (Å²) in [5.74, 6) is -0.373. The first-order valence-electron chi connectivity index (χ1n) is 8.35. The molecule has 0 bridgehead atoms. The Morgan fingerprint density at radius 3 is 2.75 bits per heavy atom. The lowest BCUT2D eigenvalue weighted by Crippen LogP contribution is -2.32. The van der Waals surface area contributed by atoms with E-state index in [1.807, 2.05) is 19.1 Å². The zero-order valence-electron chi connectivity index (χ0n) is 15.1. The van der Waals surface area contributed by atoms with Crippen molar-refractivity contribution in [1.82, 2.24) is 14.7 Å². The van der Waals surface area contributed by atoms with Crippen molar-refractivity contribution in [2.24, 2.45) is 0 Å². The van der Waals surface area contributed by atoms with Crippen LogP contribution in [-0.4, -0.2) is 32.9 Å². The van der Waals surface area contributed by atoms with Gasteiger partial charge in [0.15, 0.2) is 8.29 Å². The zero-order valence-corrected chi connectivity index (χ0v) is 18.3. The molecule has 0 N–H and O–H groups in total. The van der Waals surface area contributed by atoms with Crippen LogP contribution in [0.1, 0.15) is 12.5 Å². The molecule has 3 aromatic rings. The summed E-state index contributed by atoms with van der Waals surface area (Å²) in [5.41, 5.74) is 1.57. The topological polar surface area (TPSA) is 38.1 Å². The summed E-state index contributed by atoms with van der Waals surface area (Å²) in [7, 11) is 1.71. The smallest absolute Gasteiger partial charge is 0.235 e. The Hall–Kier alpha value is -1.74. The Morgan fingerprint density at radius 1 is 1.36 bits per heavy atom. The maximum Gasteiger partial charge on any atom is 0.235 e. The third kappa shape index (κ3) is 5.20. The van der Waals surface area contributed by atoms with Gasteiger partial charge in [-0.25, -0.2) is 9.07 Å². The Kier molecular flexibility index (Phi) is 6.87. The molecule has 1 amide bonds. The zero-order chi connectivity index (χ0) is 20.3. The Bertz CT molecular complexity index is 1040. The lowest BCUT2D eigenvalue weighted by atomic mass is 10.2. The number of thioether (sulfide) groups is 1. The summed E-state index contributed by atoms with van der Waals surface area (Å²) in [4.78, 5) is 14.3. The van der Waals surface area contributed by atoms with Gasteiger partial charge in [0.25, 0.3) is 0 Å². The van der Waals surface area contributed by atoms with Crippen LogP contribution in [0.15, 0.2) is 52.9 Å². The molecule has 0 aliphatic rings. The van der Waals surface area contributed by atoms with Gasteiger partial charge in [-0.15, -0.1) is 5.10 Å². The molecule has 1 aromatic heterocycles. The molecule has 0 radical (unpaired) electrons. The molecule has 0 aliphatic heterocycles. The van der Waals surface area contributed by atoms with E-state index in [0.717, 1.165) is 11.3 Å². The Morgan fingerprint density at radius 2 is 2.07 bits per heavy atom. The van der Waals surface area contributed by atoms with Crippen LogP contribution < -0.4 is 0 Å². The highest BCUT2D eigenvalue weighted by atomic mass is 35.5. The highest BCUT2D eigenvalue weighted by molar-refractivity contribution is 8.02. The van der Waals surface area contributed by atoms with E-state index >= 15 is 0 Å². The Labute approximate surface area is 181 Å². The molecule has 28 heavy (non-hydrogen) atoms. The van der Waals surface area contributed by atoms with Gasteiger partial charge < -0.3 is 4.90 Å². The van der Waals surface area contributed by atoms with Gasteiger partial charge in [-0.05, 0) is 61.1 Å². The SMILES string of the molecule is CC(Sc1nn(-c2ccc(Cl)cc2)c(=S)s1)C(=O)N(C)Cc1cccc(F)c1. The van der Waals surface area contributed by atoms with E-state index in [2.05, 4.69) is 5.10 Å². The number of halogens is 2. The van der Waals surface area contributed by atoms with Crippen LogP contribution in [0.4, 0.5) is 4.39 Å². The van der Waals surface area contributed by atoms with E-state index < -0.39 is 0 Å². The maximum absolute atomic E-state index is 13.3. The fraction of sp³-hybridized carbons (Fsp3) is 0.211. The summed E-state index contributed by atoms with van der Waals surface area (Å²) in [6.07, 6.45) is 0. The summed E-state index contributed by atoms with van der Waals surface area (Å²) in [6.45, 7) is 2.17. The van der Waals surface area contributed by atoms with E-state index in [1.54, 1.807) is 40.9 Å². The Balaban J connectivity index is 1.67. The van der Waals surface area contributed by atoms with Crippen molar-refractivity contribution in [3.05, 3.63) is 68.9 Å². The van der Waals surface area contributed by atoms with E-state index in [1.165, 1.54) is 35.2 Å². The van der Waals surface area contributed by atoms with Crippen LogP contribution in [0.3, 0.4) is 0 Å². The molecule has 0 fully saturated rings. The molecule has 1 atom stereocenters. The number of hydrogen-bond acceptors (Lipinski definition) is 5. The summed E-state index contributed by atoms with van der Waals surface area (Å²) in [5, 5.41) is 4.81. The lowest BCUT2D eigenvalue weighted by Gasteiger charge is -2.20. The second-order valence-corrected chi connectivity index (χ2v) is 9.75. The predicted octanol–water partition coefficient (Wildman–Crippen LogP) is 5.59. The quantitative estimate of drug-likeness (QED) is 0.360. The van der Waals surface area contributed by atoms with E-state index in [4.69, 9.17) is 23.8 Å². The summed E-state index contributed by atoms with van der Waals surface area (Å²) < 4.78 is 16.3. The van der Waals surface area contributed by atoms with Crippen LogP contribution in [0.2, 0.25) is 5.02 Å². The molecule has 2 aromatic carbocycles. The number of aromatic nitrogens is 2. The first-order chi connectivity index (χ1) is 13.3. The van der Waals surface area contributed by atoms with Crippen molar-refractivity contribution in [1.29, 1.82) is 0 Å². The van der Waals surface area contributed by atoms with Gasteiger partial charge in [0, 0.05) is 18.6 Å². The molecule has 3 rings (SSSR count). The largest absolute Gasteiger partial charge is 0.340 e. The normalized spacial score (nSPS) is 12.0. The number of nitrogens with zero attached hydrogens (tertiary/aromatic N) is 3. The number of benzene rings is 2. The molecule has 1 heterocycles. The molecule has 4 nitrogen and oxygen atoms in total. The first kappa shape index (κ1) is 21.0. The highest BCUT2D eigenvalue weighted by Crippen LogP contribution is 2.29. The van der Waals surface area contributed by atoms with Gasteiger partial charge in [-0.1, -0.05) is 46.8 Å². The van der Waals surface area contributed by atoms with Crippen molar-refractivity contribution in [3.8, 4) is 5.69 Å². The molecule has 0 saturated carbocycles. The molecular weight excluding hydrogens is 437 g/mol. The average molecular weight is 454 g/mol. The van der Waals surface area contributed by atoms with E-state index in [0.29, 0.717) is 19.9 Å². The number of amides is 1. The lowest BCUT2D eigenvalue weighted by molar-refractivity contribution is -0.129. The van der Waals surface area contributed by atoms with Crippen molar-refractivity contribution in [2.45, 2.75) is 23.1 Å². The first-order valence-corrected chi connectivity index (χ1v) is 10.8. The van der Waals surface area contributed by atoms with Crippen molar-refractivity contribution in [3.63, 3.8) is 0 Å². The number of carbonyl (C=O) groups is 1. The van der Waals surface area contributed by atoms with Crippen molar-refractivity contribution >= 4 is 52.8 Å². The van der Waals surface area contributed by atoms with E-state index in [9.17, 15) is 9.18 Å². The minimum atomic E-state index is -0.349. The third-order valence-corrected chi connectivity index (χ3v) is 6.57. The number of hydrogen-bond donors (Lipinski definition) is 0. The van der Waals surface area contributed by atoms with Crippen LogP contribution in [0.5, 0.6) is 0 Å². The molecule has 9 heteroatoms. The van der Waals surface area contributed by atoms with Gasteiger partial charge in [0.2, 0.25) is 5.91 Å². The van der Waals surface area contributed by atoms with Gasteiger partial charge >= 0.3 is 0 Å². The fourth-order valence-electron chi connectivity index (χ4n) is 2.55. The van der Waals surface area contributed by atoms with Crippen LogP contribution in [0, 0.1) is 9.77 Å². The maximum atomic E-state index is 13.3. The van der Waals surface area contributed by atoms with Gasteiger partial charge in [0.05, 0.1) is 10.9 Å². The second kappa shape index (κ2) is 9.17. The van der Waals surface area contributed by atoms with Crippen molar-refractivity contribution in [2.75, 3.05) is 7.05 Å². The van der Waals surface area contributed by atoms with Gasteiger partial charge in [-0.2, -0.15) is 0 Å². The summed E-state index contributed by atoms with van der Waals surface area (Å²) in [6, 6.07) is 13.5. The van der Waals surface area contributed by atoms with Gasteiger partial charge in [-0.3, -0.25) is 4.79 Å². The molecule has 146 valence electrons. The fourth-order valence-corrected chi connectivity index (χ4v) is 5.30. The second-order valence-electron chi connectivity index (χ2n) is 6.11. The number of carbonyl (C=O) groups excluding carboxylic acids is 1. The molecule has 1 unspecified atom stereocenters. The minimum absolute atomic E-state index is 0.0616. The monoisotopic (exact) mass is 453 g/mol. The molecule has 0 saturated heterocycles. The minimum Gasteiger partial charge on any atom is -0.340 e. The molecular formula is C19H17ClFN3OS3. The third-order valence-electron chi connectivity index (χ3n) is 3.91. The van der Waals surface area contributed by atoms with Crippen LogP contribution in [0.25, 0.3) is 5.69 Å². The number of rotatable bonds is 6. The van der Waals surface area contributed by atoms with E-state index in [-0.39, 0.29) is 17.0 Å². The highest BCUT2D eigenvalue weighted by Gasteiger charge is 2.21.